The molecule has 0 atom stereocenters. The number of rotatable bonds is 8. The molecule has 1 aliphatic carbocycles. The number of hydrogen-bond donors (Lipinski definition) is 3. The highest BCUT2D eigenvalue weighted by Gasteiger charge is 2.22. The predicted octanol–water partition coefficient (Wildman–Crippen LogP) is 3.15. The zero-order valence-electron chi connectivity index (χ0n) is 15.9. The van der Waals surface area contributed by atoms with E-state index in [0.717, 1.165) is 42.9 Å². The van der Waals surface area contributed by atoms with E-state index >= 15 is 0 Å². The lowest BCUT2D eigenvalue weighted by Gasteiger charge is -2.21. The first-order valence-electron chi connectivity index (χ1n) is 8.88. The van der Waals surface area contributed by atoms with Crippen molar-refractivity contribution < 1.29 is 4.74 Å². The summed E-state index contributed by atoms with van der Waals surface area (Å²) >= 11 is 0. The summed E-state index contributed by atoms with van der Waals surface area (Å²) in [6.45, 7) is 9.76. The lowest BCUT2D eigenvalue weighted by Crippen LogP contribution is -2.44. The van der Waals surface area contributed by atoms with Crippen LogP contribution >= 0.6 is 24.0 Å². The number of hydrogen-bond acceptors (Lipinski definition) is 3. The second-order valence-corrected chi connectivity index (χ2v) is 7.39. The molecule has 25 heavy (non-hydrogen) atoms. The van der Waals surface area contributed by atoms with E-state index < -0.39 is 0 Å². The zero-order valence-corrected chi connectivity index (χ0v) is 18.2. The minimum Gasteiger partial charge on any atom is -0.493 e. The Hall–Kier alpha value is -1.02. The number of halogens is 1. The monoisotopic (exact) mass is 460 g/mol. The van der Waals surface area contributed by atoms with Crippen molar-refractivity contribution in [3.63, 3.8) is 0 Å². The highest BCUT2D eigenvalue weighted by Crippen LogP contribution is 2.30. The fourth-order valence-electron chi connectivity index (χ4n) is 2.30. The van der Waals surface area contributed by atoms with Gasteiger partial charge in [0.1, 0.15) is 5.75 Å². The van der Waals surface area contributed by atoms with Gasteiger partial charge in [0, 0.05) is 37.8 Å². The van der Waals surface area contributed by atoms with Crippen molar-refractivity contribution in [2.24, 2.45) is 10.9 Å². The van der Waals surface area contributed by atoms with Crippen molar-refractivity contribution in [3.05, 3.63) is 29.8 Å². The summed E-state index contributed by atoms with van der Waals surface area (Å²) in [6.07, 6.45) is 2.61. The van der Waals surface area contributed by atoms with Crippen LogP contribution < -0.4 is 20.7 Å². The quantitative estimate of drug-likeness (QED) is 0.242. The number of benzene rings is 1. The fourth-order valence-corrected chi connectivity index (χ4v) is 2.30. The van der Waals surface area contributed by atoms with E-state index in [0.29, 0.717) is 6.54 Å². The number of aliphatic imine (C=N–C) groups is 1. The van der Waals surface area contributed by atoms with E-state index in [2.05, 4.69) is 47.8 Å². The molecule has 2 rings (SSSR count). The molecule has 0 bridgehead atoms. The van der Waals surface area contributed by atoms with Gasteiger partial charge < -0.3 is 20.7 Å². The Balaban J connectivity index is 0.00000312. The molecule has 0 aromatic heterocycles. The van der Waals surface area contributed by atoms with Crippen molar-refractivity contribution in [1.29, 1.82) is 0 Å². The maximum absolute atomic E-state index is 5.95. The van der Waals surface area contributed by atoms with Gasteiger partial charge >= 0.3 is 0 Å². The second-order valence-electron chi connectivity index (χ2n) is 7.39. The normalized spacial score (nSPS) is 14.6. The number of para-hydroxylation sites is 1. The third-order valence-electron chi connectivity index (χ3n) is 3.89. The molecule has 0 amide bonds. The molecule has 142 valence electrons. The van der Waals surface area contributed by atoms with Crippen molar-refractivity contribution >= 4 is 29.9 Å². The minimum atomic E-state index is 0. The fraction of sp³-hybridized carbons (Fsp3) is 0.632. The standard InChI is InChI=1S/C19H32N4O.HI/c1-19(2,3)23-12-11-21-18(20-4)22-13-16-7-5-6-8-17(16)24-14-15-9-10-15;/h5-8,15,23H,9-14H2,1-4H3,(H2,20,21,22);1H. The molecule has 0 spiro atoms. The molecule has 0 heterocycles. The van der Waals surface area contributed by atoms with Gasteiger partial charge in [0.15, 0.2) is 5.96 Å². The average molecular weight is 460 g/mol. The summed E-state index contributed by atoms with van der Waals surface area (Å²) in [5.41, 5.74) is 1.30. The smallest absolute Gasteiger partial charge is 0.191 e. The molecule has 0 unspecified atom stereocenters. The van der Waals surface area contributed by atoms with Crippen LogP contribution in [0.5, 0.6) is 5.75 Å². The molecule has 0 aliphatic heterocycles. The highest BCUT2D eigenvalue weighted by atomic mass is 127. The van der Waals surface area contributed by atoms with Gasteiger partial charge in [0.05, 0.1) is 6.61 Å². The predicted molar refractivity (Wildman–Crippen MR) is 116 cm³/mol. The summed E-state index contributed by atoms with van der Waals surface area (Å²) in [7, 11) is 1.79. The van der Waals surface area contributed by atoms with Gasteiger partial charge in [-0.2, -0.15) is 0 Å². The summed E-state index contributed by atoms with van der Waals surface area (Å²) in [4.78, 5) is 4.28. The van der Waals surface area contributed by atoms with Crippen LogP contribution in [-0.2, 0) is 6.54 Å². The molecule has 1 aromatic rings. The first kappa shape index (κ1) is 22.0. The van der Waals surface area contributed by atoms with Crippen LogP contribution in [0.1, 0.15) is 39.2 Å². The summed E-state index contributed by atoms with van der Waals surface area (Å²) < 4.78 is 5.95. The third kappa shape index (κ3) is 9.30. The lowest BCUT2D eigenvalue weighted by atomic mass is 10.1. The minimum absolute atomic E-state index is 0. The first-order chi connectivity index (χ1) is 11.5. The number of guanidine groups is 1. The first-order valence-corrected chi connectivity index (χ1v) is 8.88. The highest BCUT2D eigenvalue weighted by molar-refractivity contribution is 14.0. The molecule has 1 saturated carbocycles. The van der Waals surface area contributed by atoms with Gasteiger partial charge in [-0.15, -0.1) is 24.0 Å². The molecule has 1 aromatic carbocycles. The van der Waals surface area contributed by atoms with E-state index in [9.17, 15) is 0 Å². The van der Waals surface area contributed by atoms with Crippen LogP contribution in [0.2, 0.25) is 0 Å². The number of nitrogens with one attached hydrogen (secondary N) is 3. The van der Waals surface area contributed by atoms with Crippen molar-refractivity contribution in [2.75, 3.05) is 26.7 Å². The van der Waals surface area contributed by atoms with Crippen molar-refractivity contribution in [3.8, 4) is 5.75 Å². The zero-order chi connectivity index (χ0) is 17.4. The Bertz CT molecular complexity index is 538. The third-order valence-corrected chi connectivity index (χ3v) is 3.89. The Labute approximate surface area is 169 Å². The van der Waals surface area contributed by atoms with Crippen LogP contribution in [0.15, 0.2) is 29.3 Å². The lowest BCUT2D eigenvalue weighted by molar-refractivity contribution is 0.296. The van der Waals surface area contributed by atoms with Crippen LogP contribution in [0, 0.1) is 5.92 Å². The topological polar surface area (TPSA) is 57.7 Å². The molecule has 1 aliphatic rings. The van der Waals surface area contributed by atoms with E-state index in [1.54, 1.807) is 7.05 Å². The molecule has 0 saturated heterocycles. The summed E-state index contributed by atoms with van der Waals surface area (Å²) in [5.74, 6) is 2.54. The van der Waals surface area contributed by atoms with Gasteiger partial charge in [-0.25, -0.2) is 0 Å². The maximum Gasteiger partial charge on any atom is 0.191 e. The average Bonchev–Trinajstić information content (AvgIpc) is 3.36. The van der Waals surface area contributed by atoms with E-state index in [1.165, 1.54) is 12.8 Å². The largest absolute Gasteiger partial charge is 0.493 e. The molecule has 6 heteroatoms. The van der Waals surface area contributed by atoms with Gasteiger partial charge in [-0.3, -0.25) is 4.99 Å². The van der Waals surface area contributed by atoms with Crippen LogP contribution in [0.25, 0.3) is 0 Å². The van der Waals surface area contributed by atoms with Gasteiger partial charge in [0.25, 0.3) is 0 Å². The molecule has 3 N–H and O–H groups in total. The van der Waals surface area contributed by atoms with Gasteiger partial charge in [0.2, 0.25) is 0 Å². The Morgan fingerprint density at radius 3 is 2.52 bits per heavy atom. The summed E-state index contributed by atoms with van der Waals surface area (Å²) in [6, 6.07) is 8.22. The number of ether oxygens (including phenoxy) is 1. The molecule has 0 radical (unpaired) electrons. The van der Waals surface area contributed by atoms with Gasteiger partial charge in [-0.1, -0.05) is 18.2 Å². The van der Waals surface area contributed by atoms with Crippen LogP contribution in [-0.4, -0.2) is 38.2 Å². The summed E-state index contributed by atoms with van der Waals surface area (Å²) in [5, 5.41) is 10.1. The molecule has 1 fully saturated rings. The Morgan fingerprint density at radius 1 is 1.16 bits per heavy atom. The van der Waals surface area contributed by atoms with Crippen LogP contribution in [0.4, 0.5) is 0 Å². The van der Waals surface area contributed by atoms with Crippen molar-refractivity contribution in [1.82, 2.24) is 16.0 Å². The Morgan fingerprint density at radius 2 is 1.88 bits per heavy atom. The SMILES string of the molecule is CN=C(NCCNC(C)(C)C)NCc1ccccc1OCC1CC1.I. The van der Waals surface area contributed by atoms with Gasteiger partial charge in [-0.05, 0) is 45.6 Å². The second kappa shape index (κ2) is 10.9. The van der Waals surface area contributed by atoms with Crippen LogP contribution in [0.3, 0.4) is 0 Å². The molecular formula is C19H33IN4O. The number of nitrogens with zero attached hydrogens (tertiary/aromatic N) is 1. The maximum atomic E-state index is 5.95. The van der Waals surface area contributed by atoms with E-state index in [-0.39, 0.29) is 29.5 Å². The van der Waals surface area contributed by atoms with E-state index in [1.807, 2.05) is 18.2 Å². The van der Waals surface area contributed by atoms with E-state index in [4.69, 9.17) is 4.74 Å². The molecular weight excluding hydrogens is 427 g/mol. The Kier molecular flexibility index (Phi) is 9.56. The molecule has 5 nitrogen and oxygen atoms in total. The van der Waals surface area contributed by atoms with Crippen molar-refractivity contribution in [2.45, 2.75) is 45.7 Å².